The molecule has 0 fully saturated rings. The molecule has 0 radical (unpaired) electrons. The summed E-state index contributed by atoms with van der Waals surface area (Å²) in [6.07, 6.45) is -0.449. The normalized spacial score (nSPS) is 14.9. The molecule has 1 aromatic carbocycles. The largest absolute Gasteiger partial charge is 0.508 e. The second-order valence-electron chi connectivity index (χ2n) is 3.68. The van der Waals surface area contributed by atoms with Gasteiger partial charge in [0.2, 0.25) is 0 Å². The van der Waals surface area contributed by atoms with Crippen molar-refractivity contribution in [2.24, 2.45) is 0 Å². The van der Waals surface area contributed by atoms with E-state index in [-0.39, 0.29) is 11.8 Å². The molecule has 0 aliphatic heterocycles. The molecule has 0 amide bonds. The molecule has 0 spiro atoms. The number of aliphatic hydroxyl groups is 1. The van der Waals surface area contributed by atoms with Gasteiger partial charge in [-0.1, -0.05) is 6.07 Å². The molecule has 0 heterocycles. The summed E-state index contributed by atoms with van der Waals surface area (Å²) in [5.74, 6) is -0.528. The van der Waals surface area contributed by atoms with Crippen LogP contribution < -0.4 is 5.32 Å². The van der Waals surface area contributed by atoms with Gasteiger partial charge in [0.15, 0.2) is 0 Å². The van der Waals surface area contributed by atoms with Crippen molar-refractivity contribution in [1.82, 2.24) is 5.32 Å². The first-order valence-electron chi connectivity index (χ1n) is 4.90. The average molecular weight is 213 g/mol. The lowest BCUT2D eigenvalue weighted by Crippen LogP contribution is -2.27. The number of halogens is 1. The Kier molecular flexibility index (Phi) is 4.05. The average Bonchev–Trinajstić information content (AvgIpc) is 2.14. The number of phenolic OH excluding ortho intramolecular Hbond substituents is 1. The van der Waals surface area contributed by atoms with Crippen LogP contribution in [0.3, 0.4) is 0 Å². The Bertz CT molecular complexity index is 328. The first-order valence-corrected chi connectivity index (χ1v) is 4.90. The highest BCUT2D eigenvalue weighted by Gasteiger charge is 2.10. The number of hydrogen-bond donors (Lipinski definition) is 3. The van der Waals surface area contributed by atoms with E-state index in [4.69, 9.17) is 5.11 Å². The topological polar surface area (TPSA) is 52.5 Å². The molecule has 2 atom stereocenters. The predicted molar refractivity (Wildman–Crippen MR) is 56.2 cm³/mol. The summed E-state index contributed by atoms with van der Waals surface area (Å²) in [6.45, 7) is 3.94. The molecule has 15 heavy (non-hydrogen) atoms. The van der Waals surface area contributed by atoms with Crippen molar-refractivity contribution in [3.8, 4) is 5.75 Å². The smallest absolute Gasteiger partial charge is 0.126 e. The third-order valence-electron chi connectivity index (χ3n) is 2.18. The van der Waals surface area contributed by atoms with Crippen LogP contribution in [0, 0.1) is 5.82 Å². The second kappa shape index (κ2) is 5.09. The third-order valence-corrected chi connectivity index (χ3v) is 2.18. The van der Waals surface area contributed by atoms with Crippen LogP contribution in [-0.2, 0) is 0 Å². The maximum atomic E-state index is 12.7. The summed E-state index contributed by atoms with van der Waals surface area (Å²) in [5.41, 5.74) is 0.622. The molecule has 4 heteroatoms. The quantitative estimate of drug-likeness (QED) is 0.711. The van der Waals surface area contributed by atoms with Gasteiger partial charge < -0.3 is 15.5 Å². The molecule has 0 bridgehead atoms. The lowest BCUT2D eigenvalue weighted by Gasteiger charge is -2.16. The van der Waals surface area contributed by atoms with E-state index in [0.29, 0.717) is 12.1 Å². The van der Waals surface area contributed by atoms with E-state index >= 15 is 0 Å². The maximum Gasteiger partial charge on any atom is 0.126 e. The van der Waals surface area contributed by atoms with Crippen LogP contribution in [0.25, 0.3) is 0 Å². The van der Waals surface area contributed by atoms with E-state index in [1.165, 1.54) is 12.1 Å². The zero-order valence-electron chi connectivity index (χ0n) is 8.87. The van der Waals surface area contributed by atoms with Crippen LogP contribution in [0.2, 0.25) is 0 Å². The van der Waals surface area contributed by atoms with E-state index in [2.05, 4.69) is 5.32 Å². The van der Waals surface area contributed by atoms with Gasteiger partial charge in [-0.3, -0.25) is 0 Å². The summed E-state index contributed by atoms with van der Waals surface area (Å²) < 4.78 is 12.7. The van der Waals surface area contributed by atoms with Gasteiger partial charge in [0.05, 0.1) is 6.10 Å². The van der Waals surface area contributed by atoms with E-state index < -0.39 is 11.9 Å². The number of aliphatic hydroxyl groups excluding tert-OH is 1. The fraction of sp³-hybridized carbons (Fsp3) is 0.455. The Morgan fingerprint density at radius 2 is 2.07 bits per heavy atom. The van der Waals surface area contributed by atoms with Crippen molar-refractivity contribution in [3.05, 3.63) is 29.6 Å². The van der Waals surface area contributed by atoms with Crippen molar-refractivity contribution in [2.75, 3.05) is 6.54 Å². The monoisotopic (exact) mass is 213 g/mol. The predicted octanol–water partition coefficient (Wildman–Crippen LogP) is 1.56. The molecule has 0 aliphatic rings. The number of nitrogens with one attached hydrogen (secondary N) is 1. The van der Waals surface area contributed by atoms with Crippen LogP contribution in [0.15, 0.2) is 18.2 Å². The lowest BCUT2D eigenvalue weighted by molar-refractivity contribution is 0.187. The standard InChI is InChI=1S/C11H16FNO2/c1-7(14)6-13-8(2)10-4-3-9(12)5-11(10)15/h3-5,7-8,13-15H,6H2,1-2H3/t7-,8+/m1/s1. The fourth-order valence-electron chi connectivity index (χ4n) is 1.34. The van der Waals surface area contributed by atoms with Crippen LogP contribution in [-0.4, -0.2) is 22.9 Å². The molecule has 0 aromatic heterocycles. The molecule has 3 N–H and O–H groups in total. The third kappa shape index (κ3) is 3.49. The summed E-state index contributed by atoms with van der Waals surface area (Å²) >= 11 is 0. The minimum atomic E-state index is -0.459. The first kappa shape index (κ1) is 11.9. The Hall–Kier alpha value is -1.13. The molecule has 0 aliphatic carbocycles. The van der Waals surface area contributed by atoms with Crippen molar-refractivity contribution >= 4 is 0 Å². The molecule has 0 saturated heterocycles. The van der Waals surface area contributed by atoms with Crippen LogP contribution >= 0.6 is 0 Å². The van der Waals surface area contributed by atoms with Gasteiger partial charge >= 0.3 is 0 Å². The van der Waals surface area contributed by atoms with E-state index in [1.807, 2.05) is 6.92 Å². The van der Waals surface area contributed by atoms with E-state index in [1.54, 1.807) is 6.92 Å². The molecule has 0 saturated carbocycles. The number of rotatable bonds is 4. The number of phenols is 1. The minimum absolute atomic E-state index is 0.0689. The highest BCUT2D eigenvalue weighted by Crippen LogP contribution is 2.24. The Balaban J connectivity index is 2.69. The van der Waals surface area contributed by atoms with Crippen molar-refractivity contribution in [1.29, 1.82) is 0 Å². The van der Waals surface area contributed by atoms with Crippen molar-refractivity contribution < 1.29 is 14.6 Å². The van der Waals surface area contributed by atoms with E-state index in [9.17, 15) is 9.50 Å². The van der Waals surface area contributed by atoms with Gasteiger partial charge in [-0.2, -0.15) is 0 Å². The van der Waals surface area contributed by atoms with Crippen molar-refractivity contribution in [3.63, 3.8) is 0 Å². The van der Waals surface area contributed by atoms with Gasteiger partial charge in [-0.25, -0.2) is 4.39 Å². The second-order valence-corrected chi connectivity index (χ2v) is 3.68. The van der Waals surface area contributed by atoms with Crippen LogP contribution in [0.1, 0.15) is 25.5 Å². The molecule has 1 aromatic rings. The van der Waals surface area contributed by atoms with Gasteiger partial charge in [0.25, 0.3) is 0 Å². The van der Waals surface area contributed by atoms with Gasteiger partial charge in [0.1, 0.15) is 11.6 Å². The SMILES string of the molecule is C[C@H](NC[C@@H](C)O)c1ccc(F)cc1O. The summed E-state index contributed by atoms with van der Waals surface area (Å²) in [4.78, 5) is 0. The molecule has 1 rings (SSSR count). The van der Waals surface area contributed by atoms with Gasteiger partial charge in [0, 0.05) is 24.2 Å². The Morgan fingerprint density at radius 1 is 1.40 bits per heavy atom. The Morgan fingerprint density at radius 3 is 2.60 bits per heavy atom. The summed E-state index contributed by atoms with van der Waals surface area (Å²) in [6, 6.07) is 3.79. The highest BCUT2D eigenvalue weighted by molar-refractivity contribution is 5.34. The lowest BCUT2D eigenvalue weighted by atomic mass is 10.1. The molecule has 0 unspecified atom stereocenters. The van der Waals surface area contributed by atoms with E-state index in [0.717, 1.165) is 6.07 Å². The molecular weight excluding hydrogens is 197 g/mol. The molecule has 3 nitrogen and oxygen atoms in total. The number of aromatic hydroxyl groups is 1. The van der Waals surface area contributed by atoms with Crippen LogP contribution in [0.4, 0.5) is 4.39 Å². The maximum absolute atomic E-state index is 12.7. The summed E-state index contributed by atoms with van der Waals surface area (Å²) in [7, 11) is 0. The molecule has 84 valence electrons. The first-order chi connectivity index (χ1) is 7.00. The number of benzene rings is 1. The number of hydrogen-bond acceptors (Lipinski definition) is 3. The fourth-order valence-corrected chi connectivity index (χ4v) is 1.34. The van der Waals surface area contributed by atoms with Gasteiger partial charge in [-0.05, 0) is 19.9 Å². The Labute approximate surface area is 88.6 Å². The zero-order chi connectivity index (χ0) is 11.4. The highest BCUT2D eigenvalue weighted by atomic mass is 19.1. The van der Waals surface area contributed by atoms with Crippen LogP contribution in [0.5, 0.6) is 5.75 Å². The summed E-state index contributed by atoms with van der Waals surface area (Å²) in [5, 5.41) is 21.6. The molecular formula is C11H16FNO2. The minimum Gasteiger partial charge on any atom is -0.508 e. The van der Waals surface area contributed by atoms with Gasteiger partial charge in [-0.15, -0.1) is 0 Å². The zero-order valence-corrected chi connectivity index (χ0v) is 8.87. The van der Waals surface area contributed by atoms with Crippen molar-refractivity contribution in [2.45, 2.75) is 26.0 Å².